The molecular formula is C20H16FN5O. The first kappa shape index (κ1) is 16.8. The normalized spacial score (nSPS) is 10.9. The second-order valence-electron chi connectivity index (χ2n) is 6.14. The van der Waals surface area contributed by atoms with Crippen molar-refractivity contribution in [3.63, 3.8) is 0 Å². The van der Waals surface area contributed by atoms with Crippen molar-refractivity contribution in [2.24, 2.45) is 0 Å². The zero-order chi connectivity index (χ0) is 18.8. The molecule has 2 aromatic heterocycles. The number of aryl methyl sites for hydroxylation is 1. The number of benzene rings is 2. The Morgan fingerprint density at radius 3 is 2.52 bits per heavy atom. The molecule has 0 unspecified atom stereocenters. The summed E-state index contributed by atoms with van der Waals surface area (Å²) in [5.41, 5.74) is 3.58. The van der Waals surface area contributed by atoms with Crippen LogP contribution in [0.25, 0.3) is 22.0 Å². The van der Waals surface area contributed by atoms with E-state index >= 15 is 0 Å². The van der Waals surface area contributed by atoms with Crippen molar-refractivity contribution in [2.75, 3.05) is 5.32 Å². The highest BCUT2D eigenvalue weighted by Crippen LogP contribution is 2.33. The Balaban J connectivity index is 1.72. The standard InChI is InChI=1S/C20H16FN5O/c1-12-2-7-16(26-25-12)10-22-20-17-8-14(13-3-5-15(21)6-4-13)9-18(27)19(17)23-11-24-20/h2-9,11,27H,10H2,1H3,(H,22,23,24). The lowest BCUT2D eigenvalue weighted by Crippen LogP contribution is -2.05. The van der Waals surface area contributed by atoms with Crippen LogP contribution in [0.4, 0.5) is 10.2 Å². The Bertz CT molecular complexity index is 1100. The van der Waals surface area contributed by atoms with Gasteiger partial charge in [-0.1, -0.05) is 12.1 Å². The summed E-state index contributed by atoms with van der Waals surface area (Å²) in [4.78, 5) is 8.46. The monoisotopic (exact) mass is 361 g/mol. The van der Waals surface area contributed by atoms with Gasteiger partial charge in [0.05, 0.1) is 17.9 Å². The van der Waals surface area contributed by atoms with E-state index in [1.807, 2.05) is 25.1 Å². The molecule has 4 aromatic rings. The summed E-state index contributed by atoms with van der Waals surface area (Å²) in [6.07, 6.45) is 1.39. The number of nitrogens with zero attached hydrogens (tertiary/aromatic N) is 4. The number of hydrogen-bond donors (Lipinski definition) is 2. The highest BCUT2D eigenvalue weighted by atomic mass is 19.1. The van der Waals surface area contributed by atoms with E-state index in [2.05, 4.69) is 25.5 Å². The van der Waals surface area contributed by atoms with Crippen LogP contribution in [0.1, 0.15) is 11.4 Å². The van der Waals surface area contributed by atoms with Crippen molar-refractivity contribution in [2.45, 2.75) is 13.5 Å². The van der Waals surface area contributed by atoms with E-state index in [0.29, 0.717) is 23.3 Å². The molecular weight excluding hydrogens is 345 g/mol. The number of nitrogens with one attached hydrogen (secondary N) is 1. The molecule has 0 radical (unpaired) electrons. The predicted octanol–water partition coefficient (Wildman–Crippen LogP) is 3.85. The lowest BCUT2D eigenvalue weighted by molar-refractivity contribution is 0.480. The number of anilines is 1. The Labute approximate surface area is 154 Å². The molecule has 0 amide bonds. The van der Waals surface area contributed by atoms with Crippen molar-refractivity contribution >= 4 is 16.7 Å². The van der Waals surface area contributed by atoms with Gasteiger partial charge in [-0.05, 0) is 54.4 Å². The second-order valence-corrected chi connectivity index (χ2v) is 6.14. The number of phenolic OH excluding ortho intramolecular Hbond substituents is 1. The van der Waals surface area contributed by atoms with E-state index in [1.54, 1.807) is 18.2 Å². The van der Waals surface area contributed by atoms with Gasteiger partial charge in [-0.2, -0.15) is 10.2 Å². The summed E-state index contributed by atoms with van der Waals surface area (Å²) < 4.78 is 13.2. The van der Waals surface area contributed by atoms with Crippen LogP contribution in [-0.4, -0.2) is 25.3 Å². The Hall–Kier alpha value is -3.61. The topological polar surface area (TPSA) is 83.8 Å². The van der Waals surface area contributed by atoms with Gasteiger partial charge in [0, 0.05) is 5.39 Å². The van der Waals surface area contributed by atoms with E-state index in [-0.39, 0.29) is 11.6 Å². The minimum atomic E-state index is -0.311. The molecule has 0 aliphatic rings. The summed E-state index contributed by atoms with van der Waals surface area (Å²) in [5.74, 6) is 0.294. The predicted molar refractivity (Wildman–Crippen MR) is 101 cm³/mol. The number of phenols is 1. The lowest BCUT2D eigenvalue weighted by atomic mass is 10.0. The highest BCUT2D eigenvalue weighted by molar-refractivity contribution is 5.96. The second kappa shape index (κ2) is 6.95. The number of halogens is 1. The van der Waals surface area contributed by atoms with Gasteiger partial charge < -0.3 is 10.4 Å². The fourth-order valence-electron chi connectivity index (χ4n) is 2.79. The maximum Gasteiger partial charge on any atom is 0.142 e. The number of rotatable bonds is 4. The molecule has 0 bridgehead atoms. The average molecular weight is 361 g/mol. The van der Waals surface area contributed by atoms with Crippen molar-refractivity contribution in [3.05, 3.63) is 72.1 Å². The molecule has 7 heteroatoms. The number of hydrogen-bond acceptors (Lipinski definition) is 6. The van der Waals surface area contributed by atoms with Crippen LogP contribution in [0.3, 0.4) is 0 Å². The first-order valence-corrected chi connectivity index (χ1v) is 8.37. The van der Waals surface area contributed by atoms with Crippen molar-refractivity contribution in [3.8, 4) is 16.9 Å². The van der Waals surface area contributed by atoms with Gasteiger partial charge in [-0.25, -0.2) is 14.4 Å². The third-order valence-corrected chi connectivity index (χ3v) is 4.19. The number of aromatic hydroxyl groups is 1. The molecule has 0 saturated heterocycles. The van der Waals surface area contributed by atoms with Gasteiger partial charge in [-0.3, -0.25) is 0 Å². The third-order valence-electron chi connectivity index (χ3n) is 4.19. The molecule has 0 spiro atoms. The van der Waals surface area contributed by atoms with Crippen LogP contribution in [-0.2, 0) is 6.54 Å². The van der Waals surface area contributed by atoms with Crippen LogP contribution in [0.2, 0.25) is 0 Å². The van der Waals surface area contributed by atoms with Gasteiger partial charge in [0.2, 0.25) is 0 Å². The number of aromatic nitrogens is 4. The molecule has 0 atom stereocenters. The van der Waals surface area contributed by atoms with Crippen molar-refractivity contribution in [1.29, 1.82) is 0 Å². The molecule has 2 N–H and O–H groups in total. The van der Waals surface area contributed by atoms with Crippen LogP contribution in [0.5, 0.6) is 5.75 Å². The summed E-state index contributed by atoms with van der Waals surface area (Å²) in [5, 5.41) is 22.4. The summed E-state index contributed by atoms with van der Waals surface area (Å²) in [6, 6.07) is 13.3. The summed E-state index contributed by atoms with van der Waals surface area (Å²) >= 11 is 0. The maximum atomic E-state index is 13.2. The fourth-order valence-corrected chi connectivity index (χ4v) is 2.79. The summed E-state index contributed by atoms with van der Waals surface area (Å²) in [7, 11) is 0. The van der Waals surface area contributed by atoms with Crippen molar-refractivity contribution < 1.29 is 9.50 Å². The first-order valence-electron chi connectivity index (χ1n) is 8.37. The van der Waals surface area contributed by atoms with E-state index in [1.165, 1.54) is 18.5 Å². The van der Waals surface area contributed by atoms with Gasteiger partial charge in [0.15, 0.2) is 0 Å². The fraction of sp³-hybridized carbons (Fsp3) is 0.100. The van der Waals surface area contributed by atoms with Gasteiger partial charge >= 0.3 is 0 Å². The molecule has 6 nitrogen and oxygen atoms in total. The SMILES string of the molecule is Cc1ccc(CNc2ncnc3c(O)cc(-c4ccc(F)cc4)cc23)nn1. The maximum absolute atomic E-state index is 13.2. The third kappa shape index (κ3) is 3.52. The number of fused-ring (bicyclic) bond motifs is 1. The molecule has 0 fully saturated rings. The quantitative estimate of drug-likeness (QED) is 0.574. The van der Waals surface area contributed by atoms with Gasteiger partial charge in [0.1, 0.15) is 29.2 Å². The van der Waals surface area contributed by atoms with Crippen molar-refractivity contribution in [1.82, 2.24) is 20.2 Å². The first-order chi connectivity index (χ1) is 13.1. The lowest BCUT2D eigenvalue weighted by Gasteiger charge is -2.11. The minimum Gasteiger partial charge on any atom is -0.506 e. The molecule has 0 saturated carbocycles. The zero-order valence-electron chi connectivity index (χ0n) is 14.5. The van der Waals surface area contributed by atoms with Gasteiger partial charge in [-0.15, -0.1) is 0 Å². The average Bonchev–Trinajstić information content (AvgIpc) is 2.68. The van der Waals surface area contributed by atoms with Crippen LogP contribution in [0, 0.1) is 12.7 Å². The molecule has 0 aliphatic carbocycles. The molecule has 4 rings (SSSR count). The zero-order valence-corrected chi connectivity index (χ0v) is 14.5. The molecule has 2 heterocycles. The molecule has 27 heavy (non-hydrogen) atoms. The van der Waals surface area contributed by atoms with E-state index in [0.717, 1.165) is 22.5 Å². The highest BCUT2D eigenvalue weighted by Gasteiger charge is 2.11. The molecule has 2 aromatic carbocycles. The molecule has 0 aliphatic heterocycles. The van der Waals surface area contributed by atoms with E-state index in [4.69, 9.17) is 0 Å². The smallest absolute Gasteiger partial charge is 0.142 e. The minimum absolute atomic E-state index is 0.0346. The Kier molecular flexibility index (Phi) is 4.33. The Morgan fingerprint density at radius 1 is 0.963 bits per heavy atom. The van der Waals surface area contributed by atoms with E-state index in [9.17, 15) is 9.50 Å². The van der Waals surface area contributed by atoms with Gasteiger partial charge in [0.25, 0.3) is 0 Å². The largest absolute Gasteiger partial charge is 0.506 e. The van der Waals surface area contributed by atoms with E-state index < -0.39 is 0 Å². The van der Waals surface area contributed by atoms with Crippen LogP contribution >= 0.6 is 0 Å². The Morgan fingerprint density at radius 2 is 1.78 bits per heavy atom. The summed E-state index contributed by atoms with van der Waals surface area (Å²) in [6.45, 7) is 2.31. The van der Waals surface area contributed by atoms with Crippen LogP contribution < -0.4 is 5.32 Å². The molecule has 134 valence electrons. The van der Waals surface area contributed by atoms with Crippen LogP contribution in [0.15, 0.2) is 54.9 Å².